The second kappa shape index (κ2) is 10.7. The van der Waals surface area contributed by atoms with Gasteiger partial charge >= 0.3 is 12.1 Å². The van der Waals surface area contributed by atoms with E-state index in [1.54, 1.807) is 0 Å². The lowest BCUT2D eigenvalue weighted by atomic mass is 10.0. The zero-order valence-electron chi connectivity index (χ0n) is 18.3. The monoisotopic (exact) mass is 486 g/mol. The van der Waals surface area contributed by atoms with Crippen molar-refractivity contribution in [3.63, 3.8) is 0 Å². The molecule has 2 N–H and O–H groups in total. The van der Waals surface area contributed by atoms with Crippen LogP contribution in [0.5, 0.6) is 0 Å². The first-order valence-electron chi connectivity index (χ1n) is 10.1. The molecule has 2 aromatic rings. The third kappa shape index (κ3) is 6.95. The summed E-state index contributed by atoms with van der Waals surface area (Å²) in [6, 6.07) is 7.30. The summed E-state index contributed by atoms with van der Waals surface area (Å²) in [5.74, 6) is -1.12. The van der Waals surface area contributed by atoms with Crippen molar-refractivity contribution < 1.29 is 35.9 Å². The number of alkyl halides is 3. The van der Waals surface area contributed by atoms with Gasteiger partial charge in [-0.15, -0.1) is 0 Å². The van der Waals surface area contributed by atoms with Crippen molar-refractivity contribution >= 4 is 27.6 Å². The molecule has 0 aromatic heterocycles. The molecule has 2 rings (SSSR count). The number of hydrogen-bond acceptors (Lipinski definition) is 5. The van der Waals surface area contributed by atoms with Gasteiger partial charge < -0.3 is 10.1 Å². The number of carbonyl (C=O) groups excluding carboxylic acids is 2. The van der Waals surface area contributed by atoms with Gasteiger partial charge in [-0.2, -0.15) is 13.2 Å². The van der Waals surface area contributed by atoms with Crippen LogP contribution in [0.4, 0.5) is 18.9 Å². The predicted octanol–water partition coefficient (Wildman–Crippen LogP) is 4.35. The minimum atomic E-state index is -4.71. The fourth-order valence-electron chi connectivity index (χ4n) is 3.14. The number of sulfonamides is 1. The van der Waals surface area contributed by atoms with Crippen molar-refractivity contribution in [1.82, 2.24) is 5.32 Å². The molecular weight excluding hydrogens is 461 g/mol. The molecule has 2 aromatic carbocycles. The maximum absolute atomic E-state index is 13.0. The van der Waals surface area contributed by atoms with Crippen LogP contribution in [-0.2, 0) is 32.3 Å². The van der Waals surface area contributed by atoms with Crippen LogP contribution in [0, 0.1) is 5.92 Å². The largest absolute Gasteiger partial charge is 0.465 e. The second-order valence-corrected chi connectivity index (χ2v) is 8.95. The first-order chi connectivity index (χ1) is 15.4. The molecule has 1 amide bonds. The second-order valence-electron chi connectivity index (χ2n) is 7.27. The van der Waals surface area contributed by atoms with Gasteiger partial charge in [-0.3, -0.25) is 9.52 Å². The van der Waals surface area contributed by atoms with Crippen molar-refractivity contribution in [1.29, 1.82) is 0 Å². The van der Waals surface area contributed by atoms with Crippen LogP contribution in [-0.4, -0.2) is 27.4 Å². The highest BCUT2D eigenvalue weighted by molar-refractivity contribution is 7.92. The average Bonchev–Trinajstić information content (AvgIpc) is 2.77. The van der Waals surface area contributed by atoms with Crippen LogP contribution in [0.2, 0.25) is 0 Å². The number of anilines is 1. The number of amides is 1. The van der Waals surface area contributed by atoms with Gasteiger partial charge in [-0.25, -0.2) is 13.2 Å². The van der Waals surface area contributed by atoms with E-state index < -0.39 is 32.6 Å². The number of halogens is 3. The molecule has 0 saturated carbocycles. The normalized spacial score (nSPS) is 11.8. The molecule has 0 unspecified atom stereocenters. The van der Waals surface area contributed by atoms with E-state index in [0.717, 1.165) is 25.3 Å². The minimum Gasteiger partial charge on any atom is -0.465 e. The molecule has 11 heteroatoms. The average molecular weight is 487 g/mol. The van der Waals surface area contributed by atoms with Gasteiger partial charge in [0.05, 0.1) is 28.8 Å². The topological polar surface area (TPSA) is 102 Å². The smallest absolute Gasteiger partial charge is 0.416 e. The molecule has 0 fully saturated rings. The first kappa shape index (κ1) is 26.2. The van der Waals surface area contributed by atoms with E-state index in [1.165, 1.54) is 18.2 Å². The summed E-state index contributed by atoms with van der Waals surface area (Å²) in [6.45, 7) is 3.77. The Bertz CT molecular complexity index is 1110. The molecule has 0 aliphatic heterocycles. The third-order valence-electron chi connectivity index (χ3n) is 4.96. The van der Waals surface area contributed by atoms with Crippen molar-refractivity contribution in [3.8, 4) is 0 Å². The number of hydrogen-bond donors (Lipinski definition) is 2. The van der Waals surface area contributed by atoms with Crippen molar-refractivity contribution in [2.24, 2.45) is 5.92 Å². The summed E-state index contributed by atoms with van der Waals surface area (Å²) in [6.07, 6.45) is -3.42. The van der Waals surface area contributed by atoms with E-state index in [4.69, 9.17) is 0 Å². The Labute approximate surface area is 190 Å². The lowest BCUT2D eigenvalue weighted by Crippen LogP contribution is -2.29. The molecule has 33 heavy (non-hydrogen) atoms. The molecule has 0 bridgehead atoms. The fourth-order valence-corrected chi connectivity index (χ4v) is 4.22. The van der Waals surface area contributed by atoms with Crippen LogP contribution >= 0.6 is 0 Å². The van der Waals surface area contributed by atoms with Gasteiger partial charge in [0.1, 0.15) is 0 Å². The summed E-state index contributed by atoms with van der Waals surface area (Å²) in [7, 11) is -3.25. The number of nitrogens with one attached hydrogen (secondary N) is 2. The van der Waals surface area contributed by atoms with Gasteiger partial charge in [-0.05, 0) is 54.8 Å². The van der Waals surface area contributed by atoms with Crippen molar-refractivity contribution in [2.45, 2.75) is 44.3 Å². The zero-order chi connectivity index (χ0) is 24.8. The molecule has 0 aliphatic carbocycles. The highest BCUT2D eigenvalue weighted by atomic mass is 32.2. The standard InChI is InChI=1S/C22H25F3N2O5S/c1-4-15(5-2)20(28)26-13-14-9-16(21(29)32-3)11-18(10-14)27-33(30,31)19-8-6-7-17(12-19)22(23,24)25/h6-12,15,27H,4-5,13H2,1-3H3,(H,26,28). The Hall–Kier alpha value is -3.08. The maximum atomic E-state index is 13.0. The van der Waals surface area contributed by atoms with E-state index in [1.807, 2.05) is 13.8 Å². The summed E-state index contributed by atoms with van der Waals surface area (Å²) in [4.78, 5) is 23.7. The van der Waals surface area contributed by atoms with E-state index in [9.17, 15) is 31.2 Å². The molecule has 0 radical (unpaired) electrons. The molecule has 7 nitrogen and oxygen atoms in total. The van der Waals surface area contributed by atoms with E-state index in [-0.39, 0.29) is 29.6 Å². The van der Waals surface area contributed by atoms with Crippen LogP contribution in [0.25, 0.3) is 0 Å². The van der Waals surface area contributed by atoms with Gasteiger partial charge in [0.2, 0.25) is 5.91 Å². The quantitative estimate of drug-likeness (QED) is 0.514. The highest BCUT2D eigenvalue weighted by Gasteiger charge is 2.31. The predicted molar refractivity (Wildman–Crippen MR) is 116 cm³/mol. The molecule has 0 atom stereocenters. The van der Waals surface area contributed by atoms with Crippen LogP contribution < -0.4 is 10.0 Å². The van der Waals surface area contributed by atoms with Crippen molar-refractivity contribution in [3.05, 3.63) is 59.2 Å². The zero-order valence-corrected chi connectivity index (χ0v) is 19.1. The van der Waals surface area contributed by atoms with Crippen LogP contribution in [0.15, 0.2) is 47.4 Å². The number of methoxy groups -OCH3 is 1. The maximum Gasteiger partial charge on any atom is 0.416 e. The van der Waals surface area contributed by atoms with Gasteiger partial charge in [0, 0.05) is 12.5 Å². The third-order valence-corrected chi connectivity index (χ3v) is 6.34. The van der Waals surface area contributed by atoms with E-state index in [2.05, 4.69) is 14.8 Å². The number of rotatable bonds is 9. The number of esters is 1. The number of benzene rings is 2. The molecular formula is C22H25F3N2O5S. The van der Waals surface area contributed by atoms with Crippen LogP contribution in [0.1, 0.15) is 48.2 Å². The Morgan fingerprint density at radius 2 is 1.73 bits per heavy atom. The van der Waals surface area contributed by atoms with Gasteiger partial charge in [0.15, 0.2) is 0 Å². The molecule has 0 heterocycles. The van der Waals surface area contributed by atoms with Crippen molar-refractivity contribution in [2.75, 3.05) is 11.8 Å². The van der Waals surface area contributed by atoms with Crippen LogP contribution in [0.3, 0.4) is 0 Å². The van der Waals surface area contributed by atoms with E-state index >= 15 is 0 Å². The Kier molecular flexibility index (Phi) is 8.48. The molecule has 0 saturated heterocycles. The Balaban J connectivity index is 2.36. The fraction of sp³-hybridized carbons (Fsp3) is 0.364. The molecule has 0 spiro atoms. The van der Waals surface area contributed by atoms with Gasteiger partial charge in [-0.1, -0.05) is 19.9 Å². The summed E-state index contributed by atoms with van der Waals surface area (Å²) in [5.41, 5.74) is -0.770. The molecule has 180 valence electrons. The Morgan fingerprint density at radius 1 is 1.06 bits per heavy atom. The SMILES string of the molecule is CCC(CC)C(=O)NCc1cc(NS(=O)(=O)c2cccc(C(F)(F)F)c2)cc(C(=O)OC)c1. The lowest BCUT2D eigenvalue weighted by molar-refractivity contribution is -0.137. The molecule has 0 aliphatic rings. The summed E-state index contributed by atoms with van der Waals surface area (Å²) < 4.78 is 71.2. The number of carbonyl (C=O) groups is 2. The number of ether oxygens (including phenoxy) is 1. The minimum absolute atomic E-state index is 0.00789. The van der Waals surface area contributed by atoms with E-state index in [0.29, 0.717) is 24.5 Å². The van der Waals surface area contributed by atoms with Gasteiger partial charge in [0.25, 0.3) is 10.0 Å². The summed E-state index contributed by atoms with van der Waals surface area (Å²) >= 11 is 0. The lowest BCUT2D eigenvalue weighted by Gasteiger charge is -2.15. The highest BCUT2D eigenvalue weighted by Crippen LogP contribution is 2.31. The summed E-state index contributed by atoms with van der Waals surface area (Å²) in [5, 5.41) is 2.74. The Morgan fingerprint density at radius 3 is 2.30 bits per heavy atom. The first-order valence-corrected chi connectivity index (χ1v) is 11.6.